The molecule has 1 aromatic carbocycles. The van der Waals surface area contributed by atoms with Crippen molar-refractivity contribution in [1.29, 1.82) is 0 Å². The van der Waals surface area contributed by atoms with E-state index in [1.807, 2.05) is 17.0 Å². The van der Waals surface area contributed by atoms with Crippen LogP contribution in [0.2, 0.25) is 0 Å². The molecule has 0 aromatic heterocycles. The van der Waals surface area contributed by atoms with Gasteiger partial charge in [-0.3, -0.25) is 4.79 Å². The predicted molar refractivity (Wildman–Crippen MR) is 80.3 cm³/mol. The number of carbonyl (C=O) groups is 1. The fourth-order valence-electron chi connectivity index (χ4n) is 2.75. The summed E-state index contributed by atoms with van der Waals surface area (Å²) in [6, 6.07) is 5.92. The van der Waals surface area contributed by atoms with Gasteiger partial charge in [-0.2, -0.15) is 0 Å². The number of nitrogen functional groups attached to an aromatic ring is 1. The number of anilines is 2. The van der Waals surface area contributed by atoms with Crippen LogP contribution in [0.3, 0.4) is 0 Å². The molecule has 3 nitrogen and oxygen atoms in total. The quantitative estimate of drug-likeness (QED) is 0.628. The van der Waals surface area contributed by atoms with Gasteiger partial charge in [0.2, 0.25) is 5.91 Å². The van der Waals surface area contributed by atoms with E-state index in [-0.39, 0.29) is 5.91 Å². The molecule has 3 heteroatoms. The minimum absolute atomic E-state index is 0.230. The van der Waals surface area contributed by atoms with Crippen LogP contribution < -0.4 is 10.6 Å². The first-order valence-corrected chi connectivity index (χ1v) is 7.41. The maximum Gasteiger partial charge on any atom is 0.227 e. The number of rotatable bonds is 6. The first-order chi connectivity index (χ1) is 9.24. The number of hydrogen-bond acceptors (Lipinski definition) is 2. The van der Waals surface area contributed by atoms with E-state index in [2.05, 4.69) is 13.0 Å². The molecule has 0 fully saturated rings. The molecule has 2 N–H and O–H groups in total. The Hall–Kier alpha value is -1.51. The molecule has 1 amide bonds. The van der Waals surface area contributed by atoms with E-state index in [0.717, 1.165) is 37.2 Å². The minimum Gasteiger partial charge on any atom is -0.397 e. The number of nitrogens with two attached hydrogens (primary N) is 1. The number of unbranched alkanes of at least 4 members (excludes halogenated alkanes) is 4. The number of nitrogens with zero attached hydrogens (tertiary/aromatic N) is 1. The lowest BCUT2D eigenvalue weighted by Gasteiger charge is -2.19. The molecule has 0 saturated carbocycles. The van der Waals surface area contributed by atoms with Crippen LogP contribution in [0.25, 0.3) is 0 Å². The lowest BCUT2D eigenvalue weighted by Crippen LogP contribution is -2.29. The van der Waals surface area contributed by atoms with Gasteiger partial charge in [0.1, 0.15) is 0 Å². The maximum absolute atomic E-state index is 12.3. The van der Waals surface area contributed by atoms with Gasteiger partial charge in [0.25, 0.3) is 0 Å². The SMILES string of the molecule is CCCCCCCC(=O)N1CCc2cccc(N)c21. The molecule has 0 atom stereocenters. The first-order valence-electron chi connectivity index (χ1n) is 7.41. The van der Waals surface area contributed by atoms with Gasteiger partial charge in [-0.25, -0.2) is 0 Å². The first kappa shape index (κ1) is 13.9. The molecule has 1 heterocycles. The van der Waals surface area contributed by atoms with Crippen molar-refractivity contribution in [3.63, 3.8) is 0 Å². The van der Waals surface area contributed by atoms with Crippen molar-refractivity contribution in [3.05, 3.63) is 23.8 Å². The summed E-state index contributed by atoms with van der Waals surface area (Å²) in [6.07, 6.45) is 7.49. The topological polar surface area (TPSA) is 46.3 Å². The molecule has 0 saturated heterocycles. The Labute approximate surface area is 115 Å². The highest BCUT2D eigenvalue weighted by molar-refractivity contribution is 5.98. The monoisotopic (exact) mass is 260 g/mol. The van der Waals surface area contributed by atoms with Crippen LogP contribution in [0.4, 0.5) is 11.4 Å². The Morgan fingerprint density at radius 3 is 2.84 bits per heavy atom. The van der Waals surface area contributed by atoms with E-state index in [1.165, 1.54) is 24.8 Å². The lowest BCUT2D eigenvalue weighted by atomic mass is 10.1. The van der Waals surface area contributed by atoms with Gasteiger partial charge >= 0.3 is 0 Å². The molecule has 2 rings (SSSR count). The number of benzene rings is 1. The van der Waals surface area contributed by atoms with Gasteiger partial charge in [-0.05, 0) is 24.5 Å². The average molecular weight is 260 g/mol. The van der Waals surface area contributed by atoms with E-state index in [4.69, 9.17) is 5.73 Å². The molecule has 0 aliphatic carbocycles. The second-order valence-electron chi connectivity index (χ2n) is 5.31. The second kappa shape index (κ2) is 6.60. The standard InChI is InChI=1S/C16H24N2O/c1-2-3-4-5-6-10-15(19)18-12-11-13-8-7-9-14(17)16(13)18/h7-9H,2-6,10-12,17H2,1H3. The highest BCUT2D eigenvalue weighted by Gasteiger charge is 2.25. The summed E-state index contributed by atoms with van der Waals surface area (Å²) in [6.45, 7) is 2.99. The summed E-state index contributed by atoms with van der Waals surface area (Å²) in [5.74, 6) is 0.230. The Morgan fingerprint density at radius 2 is 2.05 bits per heavy atom. The zero-order chi connectivity index (χ0) is 13.7. The van der Waals surface area contributed by atoms with Gasteiger partial charge < -0.3 is 10.6 Å². The largest absolute Gasteiger partial charge is 0.397 e. The number of fused-ring (bicyclic) bond motifs is 1. The second-order valence-corrected chi connectivity index (χ2v) is 5.31. The molecule has 0 radical (unpaired) electrons. The van der Waals surface area contributed by atoms with Crippen LogP contribution in [0, 0.1) is 0 Å². The summed E-state index contributed by atoms with van der Waals surface area (Å²) in [7, 11) is 0. The summed E-state index contributed by atoms with van der Waals surface area (Å²) in [5, 5.41) is 0. The van der Waals surface area contributed by atoms with Crippen LogP contribution >= 0.6 is 0 Å². The molecule has 1 aromatic rings. The summed E-state index contributed by atoms with van der Waals surface area (Å²) < 4.78 is 0. The summed E-state index contributed by atoms with van der Waals surface area (Å²) >= 11 is 0. The average Bonchev–Trinajstić information content (AvgIpc) is 2.84. The predicted octanol–water partition coefficient (Wildman–Crippen LogP) is 3.52. The van der Waals surface area contributed by atoms with Crippen molar-refractivity contribution in [2.45, 2.75) is 51.9 Å². The van der Waals surface area contributed by atoms with E-state index in [0.29, 0.717) is 6.42 Å². The molecule has 1 aliphatic heterocycles. The van der Waals surface area contributed by atoms with E-state index >= 15 is 0 Å². The van der Waals surface area contributed by atoms with Gasteiger partial charge in [-0.1, -0.05) is 44.7 Å². The van der Waals surface area contributed by atoms with Crippen molar-refractivity contribution in [1.82, 2.24) is 0 Å². The highest BCUT2D eigenvalue weighted by Crippen LogP contribution is 2.34. The number of hydrogen-bond donors (Lipinski definition) is 1. The van der Waals surface area contributed by atoms with Gasteiger partial charge in [-0.15, -0.1) is 0 Å². The molecule has 0 spiro atoms. The van der Waals surface area contributed by atoms with Crippen molar-refractivity contribution in [3.8, 4) is 0 Å². The summed E-state index contributed by atoms with van der Waals surface area (Å²) in [4.78, 5) is 14.1. The van der Waals surface area contributed by atoms with Crippen LogP contribution in [-0.2, 0) is 11.2 Å². The highest BCUT2D eigenvalue weighted by atomic mass is 16.2. The van der Waals surface area contributed by atoms with Crippen molar-refractivity contribution < 1.29 is 4.79 Å². The fourth-order valence-corrected chi connectivity index (χ4v) is 2.75. The zero-order valence-electron chi connectivity index (χ0n) is 11.8. The minimum atomic E-state index is 0.230. The van der Waals surface area contributed by atoms with Crippen molar-refractivity contribution in [2.75, 3.05) is 17.2 Å². The van der Waals surface area contributed by atoms with Crippen molar-refractivity contribution in [2.24, 2.45) is 0 Å². The molecule has 1 aliphatic rings. The number of carbonyl (C=O) groups excluding carboxylic acids is 1. The smallest absolute Gasteiger partial charge is 0.227 e. The third-order valence-electron chi connectivity index (χ3n) is 3.82. The maximum atomic E-state index is 12.3. The van der Waals surface area contributed by atoms with Crippen molar-refractivity contribution >= 4 is 17.3 Å². The molecule has 0 unspecified atom stereocenters. The Morgan fingerprint density at radius 1 is 1.26 bits per heavy atom. The van der Waals surface area contributed by atoms with E-state index < -0.39 is 0 Å². The Balaban J connectivity index is 1.89. The fraction of sp³-hybridized carbons (Fsp3) is 0.562. The third kappa shape index (κ3) is 3.28. The number of amides is 1. The molecular weight excluding hydrogens is 236 g/mol. The van der Waals surface area contributed by atoms with Crippen LogP contribution in [0.1, 0.15) is 51.0 Å². The molecule has 104 valence electrons. The lowest BCUT2D eigenvalue weighted by molar-refractivity contribution is -0.118. The Kier molecular flexibility index (Phi) is 4.83. The van der Waals surface area contributed by atoms with Gasteiger partial charge in [0.15, 0.2) is 0 Å². The van der Waals surface area contributed by atoms with Crippen LogP contribution in [0.5, 0.6) is 0 Å². The van der Waals surface area contributed by atoms with Gasteiger partial charge in [0, 0.05) is 13.0 Å². The molecule has 19 heavy (non-hydrogen) atoms. The zero-order valence-corrected chi connectivity index (χ0v) is 11.8. The van der Waals surface area contributed by atoms with Crippen LogP contribution in [0.15, 0.2) is 18.2 Å². The summed E-state index contributed by atoms with van der Waals surface area (Å²) in [5.41, 5.74) is 8.90. The van der Waals surface area contributed by atoms with E-state index in [1.54, 1.807) is 0 Å². The molecule has 0 bridgehead atoms. The number of para-hydroxylation sites is 1. The van der Waals surface area contributed by atoms with Gasteiger partial charge in [0.05, 0.1) is 11.4 Å². The van der Waals surface area contributed by atoms with Crippen LogP contribution in [-0.4, -0.2) is 12.5 Å². The van der Waals surface area contributed by atoms with E-state index in [9.17, 15) is 4.79 Å². The third-order valence-corrected chi connectivity index (χ3v) is 3.82. The normalized spacial score (nSPS) is 13.6. The molecular formula is C16H24N2O. The Bertz CT molecular complexity index is 442.